The standard InChI is InChI=1S/C17H17N3O2S/c1-10-3-4-13(7-15(10)21)19-16(22)9-23-17-6-12-5-11(2)18-8-14(12)20-17/h3-5,7-8,21H,6,9H2,1-2H3,(H,19,22). The third kappa shape index (κ3) is 3.71. The maximum atomic E-state index is 12.0. The average Bonchev–Trinajstić information content (AvgIpc) is 2.91. The number of pyridine rings is 1. The summed E-state index contributed by atoms with van der Waals surface area (Å²) in [7, 11) is 0. The lowest BCUT2D eigenvalue weighted by atomic mass is 10.2. The summed E-state index contributed by atoms with van der Waals surface area (Å²) in [6, 6.07) is 7.12. The van der Waals surface area contributed by atoms with Crippen LogP contribution < -0.4 is 5.32 Å². The molecular formula is C17H17N3O2S. The predicted molar refractivity (Wildman–Crippen MR) is 93.7 cm³/mol. The van der Waals surface area contributed by atoms with Gasteiger partial charge in [-0.05, 0) is 37.1 Å². The van der Waals surface area contributed by atoms with Gasteiger partial charge in [0.05, 0.1) is 22.7 Å². The van der Waals surface area contributed by atoms with Gasteiger partial charge in [0.2, 0.25) is 5.91 Å². The molecule has 6 heteroatoms. The number of thioether (sulfide) groups is 1. The van der Waals surface area contributed by atoms with Crippen LogP contribution in [0, 0.1) is 13.8 Å². The maximum absolute atomic E-state index is 12.0. The molecule has 1 aliphatic heterocycles. The highest BCUT2D eigenvalue weighted by Gasteiger charge is 2.16. The number of aliphatic imine (C=N–C) groups is 1. The Morgan fingerprint density at radius 2 is 2.17 bits per heavy atom. The van der Waals surface area contributed by atoms with E-state index >= 15 is 0 Å². The van der Waals surface area contributed by atoms with E-state index in [1.165, 1.54) is 11.8 Å². The number of fused-ring (bicyclic) bond motifs is 1. The smallest absolute Gasteiger partial charge is 0.234 e. The van der Waals surface area contributed by atoms with E-state index in [9.17, 15) is 9.90 Å². The molecule has 3 rings (SSSR count). The molecule has 0 spiro atoms. The number of nitrogens with zero attached hydrogens (tertiary/aromatic N) is 2. The Hall–Kier alpha value is -2.34. The van der Waals surface area contributed by atoms with Crippen molar-refractivity contribution in [3.05, 3.63) is 47.3 Å². The Morgan fingerprint density at radius 1 is 1.35 bits per heavy atom. The fourth-order valence-corrected chi connectivity index (χ4v) is 3.10. The first-order valence-electron chi connectivity index (χ1n) is 7.26. The van der Waals surface area contributed by atoms with Crippen molar-refractivity contribution in [2.75, 3.05) is 11.1 Å². The number of phenols is 1. The first kappa shape index (κ1) is 15.6. The van der Waals surface area contributed by atoms with Crippen LogP contribution in [0.25, 0.3) is 0 Å². The number of rotatable bonds is 3. The van der Waals surface area contributed by atoms with Gasteiger partial charge in [-0.15, -0.1) is 11.8 Å². The summed E-state index contributed by atoms with van der Waals surface area (Å²) >= 11 is 1.43. The van der Waals surface area contributed by atoms with Crippen molar-refractivity contribution in [3.8, 4) is 5.75 Å². The number of anilines is 1. The molecule has 1 aromatic heterocycles. The first-order valence-corrected chi connectivity index (χ1v) is 8.25. The molecule has 5 nitrogen and oxygen atoms in total. The summed E-state index contributed by atoms with van der Waals surface area (Å²) in [4.78, 5) is 20.7. The van der Waals surface area contributed by atoms with Crippen LogP contribution in [-0.2, 0) is 11.2 Å². The highest BCUT2D eigenvalue weighted by molar-refractivity contribution is 8.14. The Balaban J connectivity index is 1.55. The van der Waals surface area contributed by atoms with Crippen molar-refractivity contribution in [3.63, 3.8) is 0 Å². The van der Waals surface area contributed by atoms with Crippen molar-refractivity contribution >= 4 is 34.1 Å². The van der Waals surface area contributed by atoms with Gasteiger partial charge < -0.3 is 10.4 Å². The zero-order valence-corrected chi connectivity index (χ0v) is 13.8. The third-order valence-electron chi connectivity index (χ3n) is 3.55. The average molecular weight is 327 g/mol. The van der Waals surface area contributed by atoms with E-state index in [1.807, 2.05) is 19.9 Å². The molecule has 0 saturated heterocycles. The van der Waals surface area contributed by atoms with Crippen molar-refractivity contribution in [2.45, 2.75) is 20.3 Å². The fourth-order valence-electron chi connectivity index (χ4n) is 2.30. The van der Waals surface area contributed by atoms with Crippen LogP contribution in [0.2, 0.25) is 0 Å². The van der Waals surface area contributed by atoms with E-state index in [4.69, 9.17) is 0 Å². The number of hydrogen-bond acceptors (Lipinski definition) is 5. The zero-order valence-electron chi connectivity index (χ0n) is 13.0. The van der Waals surface area contributed by atoms with E-state index in [-0.39, 0.29) is 17.4 Å². The molecule has 0 atom stereocenters. The number of nitrogens with one attached hydrogen (secondary N) is 1. The second-order valence-corrected chi connectivity index (χ2v) is 6.52. The van der Waals surface area contributed by atoms with Gasteiger partial charge in [-0.2, -0.15) is 0 Å². The quantitative estimate of drug-likeness (QED) is 0.906. The summed E-state index contributed by atoms with van der Waals surface area (Å²) in [6.45, 7) is 3.76. The topological polar surface area (TPSA) is 74.6 Å². The molecule has 1 aromatic carbocycles. The van der Waals surface area contributed by atoms with Crippen LogP contribution in [0.1, 0.15) is 16.8 Å². The Morgan fingerprint density at radius 3 is 2.96 bits per heavy atom. The molecule has 0 fully saturated rings. The van der Waals surface area contributed by atoms with Gasteiger partial charge >= 0.3 is 0 Å². The second-order valence-electron chi connectivity index (χ2n) is 5.47. The molecule has 0 bridgehead atoms. The number of aryl methyl sites for hydroxylation is 2. The van der Waals surface area contributed by atoms with Gasteiger partial charge in [0, 0.05) is 23.9 Å². The number of benzene rings is 1. The van der Waals surface area contributed by atoms with Crippen LogP contribution in [0.4, 0.5) is 11.4 Å². The highest BCUT2D eigenvalue weighted by atomic mass is 32.2. The summed E-state index contributed by atoms with van der Waals surface area (Å²) in [5.74, 6) is 0.341. The van der Waals surface area contributed by atoms with Gasteiger partial charge in [-0.25, -0.2) is 4.99 Å². The number of amides is 1. The molecule has 1 aliphatic rings. The number of carbonyl (C=O) groups excluding carboxylic acids is 1. The fraction of sp³-hybridized carbons (Fsp3) is 0.235. The van der Waals surface area contributed by atoms with E-state index in [0.29, 0.717) is 5.69 Å². The van der Waals surface area contributed by atoms with Crippen molar-refractivity contribution in [1.82, 2.24) is 4.98 Å². The minimum Gasteiger partial charge on any atom is -0.508 e. The minimum absolute atomic E-state index is 0.119. The van der Waals surface area contributed by atoms with Crippen molar-refractivity contribution in [1.29, 1.82) is 0 Å². The van der Waals surface area contributed by atoms with Gasteiger partial charge in [0.25, 0.3) is 0 Å². The lowest BCUT2D eigenvalue weighted by molar-refractivity contribution is -0.113. The normalized spacial score (nSPS) is 12.7. The predicted octanol–water partition coefficient (Wildman–Crippen LogP) is 3.36. The molecule has 118 valence electrons. The molecule has 0 saturated carbocycles. The number of aromatic nitrogens is 1. The van der Waals surface area contributed by atoms with Crippen LogP contribution in [0.5, 0.6) is 5.75 Å². The van der Waals surface area contributed by atoms with Crippen LogP contribution in [-0.4, -0.2) is 26.8 Å². The van der Waals surface area contributed by atoms with E-state index in [1.54, 1.807) is 24.4 Å². The molecule has 2 N–H and O–H groups in total. The Kier molecular flexibility index (Phi) is 4.34. The van der Waals surface area contributed by atoms with Gasteiger partial charge in [0.1, 0.15) is 5.75 Å². The van der Waals surface area contributed by atoms with E-state index < -0.39 is 0 Å². The third-order valence-corrected chi connectivity index (χ3v) is 4.53. The lowest BCUT2D eigenvalue weighted by Gasteiger charge is -2.06. The molecule has 0 unspecified atom stereocenters. The van der Waals surface area contributed by atoms with Crippen LogP contribution in [0.3, 0.4) is 0 Å². The second kappa shape index (κ2) is 6.42. The molecule has 2 heterocycles. The van der Waals surface area contributed by atoms with E-state index in [2.05, 4.69) is 15.3 Å². The SMILES string of the molecule is Cc1cc2c(cn1)N=C(SCC(=O)Nc1ccc(C)c(O)c1)C2. The summed E-state index contributed by atoms with van der Waals surface area (Å²) in [5, 5.41) is 13.4. The lowest BCUT2D eigenvalue weighted by Crippen LogP contribution is -2.15. The maximum Gasteiger partial charge on any atom is 0.234 e. The van der Waals surface area contributed by atoms with Gasteiger partial charge in [-0.3, -0.25) is 9.78 Å². The van der Waals surface area contributed by atoms with Crippen molar-refractivity contribution in [2.24, 2.45) is 4.99 Å². The molecule has 0 aliphatic carbocycles. The number of carbonyl (C=O) groups is 1. The molecule has 0 radical (unpaired) electrons. The summed E-state index contributed by atoms with van der Waals surface area (Å²) in [6.07, 6.45) is 2.52. The van der Waals surface area contributed by atoms with E-state index in [0.717, 1.165) is 34.0 Å². The van der Waals surface area contributed by atoms with Crippen molar-refractivity contribution < 1.29 is 9.90 Å². The van der Waals surface area contributed by atoms with Crippen LogP contribution in [0.15, 0.2) is 35.5 Å². The zero-order chi connectivity index (χ0) is 16.4. The monoisotopic (exact) mass is 327 g/mol. The summed E-state index contributed by atoms with van der Waals surface area (Å²) in [5.41, 5.74) is 4.39. The molecule has 1 amide bonds. The number of aromatic hydroxyl groups is 1. The number of phenolic OH excluding ortho intramolecular Hbond substituents is 1. The Bertz CT molecular complexity index is 802. The highest BCUT2D eigenvalue weighted by Crippen LogP contribution is 2.30. The molecule has 2 aromatic rings. The summed E-state index contributed by atoms with van der Waals surface area (Å²) < 4.78 is 0. The molecular weight excluding hydrogens is 310 g/mol. The van der Waals surface area contributed by atoms with Gasteiger partial charge in [-0.1, -0.05) is 6.07 Å². The number of hydrogen-bond donors (Lipinski definition) is 2. The molecule has 23 heavy (non-hydrogen) atoms. The minimum atomic E-state index is -0.119. The largest absolute Gasteiger partial charge is 0.508 e. The Labute approximate surface area is 138 Å². The first-order chi connectivity index (χ1) is 11.0. The van der Waals surface area contributed by atoms with Gasteiger partial charge in [0.15, 0.2) is 0 Å². The van der Waals surface area contributed by atoms with Crippen LogP contribution >= 0.6 is 11.8 Å².